The van der Waals surface area contributed by atoms with Crippen LogP contribution in [0.3, 0.4) is 0 Å². The highest BCUT2D eigenvalue weighted by Gasteiger charge is 2.23. The molecule has 1 N–H and O–H groups in total. The Balaban J connectivity index is 1.49. The van der Waals surface area contributed by atoms with Crippen LogP contribution in [0.15, 0.2) is 41.1 Å². The number of anilines is 1. The summed E-state index contributed by atoms with van der Waals surface area (Å²) in [5, 5.41) is 12.0. The van der Waals surface area contributed by atoms with E-state index in [1.165, 1.54) is 0 Å². The summed E-state index contributed by atoms with van der Waals surface area (Å²) in [5.41, 5.74) is 0.594. The summed E-state index contributed by atoms with van der Waals surface area (Å²) in [6.45, 7) is 4.60. The zero-order chi connectivity index (χ0) is 17.6. The Bertz CT molecular complexity index is 745. The second-order valence-corrected chi connectivity index (χ2v) is 6.12. The van der Waals surface area contributed by atoms with Crippen LogP contribution < -0.4 is 10.2 Å². The van der Waals surface area contributed by atoms with Crippen molar-refractivity contribution < 1.29 is 9.21 Å². The minimum absolute atomic E-state index is 0.00524. The molecule has 3 heterocycles. The lowest BCUT2D eigenvalue weighted by Gasteiger charge is -2.35. The summed E-state index contributed by atoms with van der Waals surface area (Å²) >= 11 is 0. The van der Waals surface area contributed by atoms with Crippen LogP contribution in [0.1, 0.15) is 18.2 Å². The lowest BCUT2D eigenvalue weighted by atomic mass is 10.2. The van der Waals surface area contributed by atoms with Crippen LogP contribution in [0.2, 0.25) is 0 Å². The van der Waals surface area contributed by atoms with Crippen LogP contribution in [0, 0.1) is 11.3 Å². The van der Waals surface area contributed by atoms with Crippen molar-refractivity contribution in [3.8, 4) is 6.07 Å². The van der Waals surface area contributed by atoms with E-state index in [2.05, 4.69) is 21.3 Å². The predicted octanol–water partition coefficient (Wildman–Crippen LogP) is 2.01. The van der Waals surface area contributed by atoms with Gasteiger partial charge in [-0.2, -0.15) is 5.26 Å². The number of hydrogen-bond acceptors (Lipinski definition) is 5. The van der Waals surface area contributed by atoms with Crippen LogP contribution in [0.5, 0.6) is 0 Å². The number of pyridine rings is 1. The maximum Gasteiger partial charge on any atom is 0.317 e. The smallest absolute Gasteiger partial charge is 0.317 e. The van der Waals surface area contributed by atoms with Crippen molar-refractivity contribution in [1.82, 2.24) is 15.2 Å². The Labute approximate surface area is 146 Å². The quantitative estimate of drug-likeness (QED) is 0.921. The second-order valence-electron chi connectivity index (χ2n) is 6.12. The van der Waals surface area contributed by atoms with Crippen molar-refractivity contribution >= 4 is 11.8 Å². The maximum absolute atomic E-state index is 12.4. The Kier molecular flexibility index (Phi) is 5.19. The molecule has 25 heavy (non-hydrogen) atoms. The number of rotatable bonds is 4. The van der Waals surface area contributed by atoms with E-state index in [1.54, 1.807) is 24.6 Å². The molecular formula is C18H21N5O2. The molecule has 0 aliphatic carbocycles. The fourth-order valence-corrected chi connectivity index (χ4v) is 2.88. The van der Waals surface area contributed by atoms with E-state index in [0.29, 0.717) is 38.2 Å². The number of urea groups is 1. The summed E-state index contributed by atoms with van der Waals surface area (Å²) in [6.07, 6.45) is 3.95. The van der Waals surface area contributed by atoms with Gasteiger partial charge >= 0.3 is 6.03 Å². The number of nitriles is 1. The van der Waals surface area contributed by atoms with Gasteiger partial charge in [-0.15, -0.1) is 0 Å². The number of amides is 2. The molecule has 1 saturated heterocycles. The zero-order valence-corrected chi connectivity index (χ0v) is 14.2. The lowest BCUT2D eigenvalue weighted by Crippen LogP contribution is -2.53. The Morgan fingerprint density at radius 2 is 2.20 bits per heavy atom. The minimum atomic E-state index is -0.0579. The summed E-state index contributed by atoms with van der Waals surface area (Å²) in [4.78, 5) is 20.6. The first kappa shape index (κ1) is 16.8. The summed E-state index contributed by atoms with van der Waals surface area (Å²) in [6, 6.07) is 9.29. The van der Waals surface area contributed by atoms with Crippen LogP contribution in [-0.4, -0.2) is 48.1 Å². The highest BCUT2D eigenvalue weighted by molar-refractivity contribution is 5.74. The molecule has 130 valence electrons. The monoisotopic (exact) mass is 339 g/mol. The van der Waals surface area contributed by atoms with E-state index >= 15 is 0 Å². The summed E-state index contributed by atoms with van der Waals surface area (Å²) in [5.74, 6) is 1.64. The second kappa shape index (κ2) is 7.71. The van der Waals surface area contributed by atoms with E-state index < -0.39 is 0 Å². The first-order chi connectivity index (χ1) is 12.2. The highest BCUT2D eigenvalue weighted by atomic mass is 16.3. The van der Waals surface area contributed by atoms with Gasteiger partial charge in [-0.05, 0) is 31.2 Å². The molecule has 7 heteroatoms. The minimum Gasteiger partial charge on any atom is -0.469 e. The molecule has 3 rings (SSSR count). The van der Waals surface area contributed by atoms with E-state index in [4.69, 9.17) is 9.68 Å². The normalized spacial score (nSPS) is 15.5. The van der Waals surface area contributed by atoms with Crippen molar-refractivity contribution in [3.63, 3.8) is 0 Å². The van der Waals surface area contributed by atoms with Gasteiger partial charge in [0.05, 0.1) is 17.9 Å². The third kappa shape index (κ3) is 4.29. The third-order valence-corrected chi connectivity index (χ3v) is 4.22. The molecule has 1 atom stereocenters. The molecule has 0 radical (unpaired) electrons. The molecule has 0 bridgehead atoms. The van der Waals surface area contributed by atoms with Gasteiger partial charge in [0.25, 0.3) is 0 Å². The van der Waals surface area contributed by atoms with Crippen molar-refractivity contribution in [1.29, 1.82) is 5.26 Å². The topological polar surface area (TPSA) is 85.4 Å². The average Bonchev–Trinajstić information content (AvgIpc) is 3.14. The number of furan rings is 1. The van der Waals surface area contributed by atoms with Gasteiger partial charge < -0.3 is 19.5 Å². The number of piperazine rings is 1. The maximum atomic E-state index is 12.4. The van der Waals surface area contributed by atoms with Crippen molar-refractivity contribution in [2.24, 2.45) is 0 Å². The number of hydrogen-bond donors (Lipinski definition) is 1. The fraction of sp³-hybridized carbons (Fsp3) is 0.389. The predicted molar refractivity (Wildman–Crippen MR) is 93.1 cm³/mol. The first-order valence-electron chi connectivity index (χ1n) is 8.34. The number of nitrogens with one attached hydrogen (secondary N) is 1. The largest absolute Gasteiger partial charge is 0.469 e. The number of carbonyl (C=O) groups excluding carboxylic acids is 1. The Morgan fingerprint density at radius 1 is 1.40 bits per heavy atom. The molecule has 2 aromatic heterocycles. The Hall–Kier alpha value is -3.01. The van der Waals surface area contributed by atoms with Gasteiger partial charge in [0, 0.05) is 44.8 Å². The van der Waals surface area contributed by atoms with Crippen molar-refractivity contribution in [2.75, 3.05) is 31.1 Å². The molecular weight excluding hydrogens is 318 g/mol. The van der Waals surface area contributed by atoms with Crippen molar-refractivity contribution in [2.45, 2.75) is 19.4 Å². The molecule has 0 spiro atoms. The first-order valence-corrected chi connectivity index (χ1v) is 8.34. The van der Waals surface area contributed by atoms with Crippen LogP contribution >= 0.6 is 0 Å². The molecule has 0 saturated carbocycles. The van der Waals surface area contributed by atoms with Gasteiger partial charge in [0.15, 0.2) is 0 Å². The summed E-state index contributed by atoms with van der Waals surface area (Å²) < 4.78 is 5.31. The highest BCUT2D eigenvalue weighted by Crippen LogP contribution is 2.15. The van der Waals surface area contributed by atoms with Gasteiger partial charge in [0.2, 0.25) is 0 Å². The molecule has 0 aromatic carbocycles. The Morgan fingerprint density at radius 3 is 2.88 bits per heavy atom. The average molecular weight is 339 g/mol. The van der Waals surface area contributed by atoms with E-state index in [0.717, 1.165) is 11.6 Å². The SMILES string of the molecule is C[C@@H](Cc1ccco1)NC(=O)N1CCN(c2cc(C#N)ccn2)CC1. The van der Waals surface area contributed by atoms with E-state index in [1.807, 2.05) is 24.0 Å². The van der Waals surface area contributed by atoms with Crippen LogP contribution in [0.4, 0.5) is 10.6 Å². The van der Waals surface area contributed by atoms with Gasteiger partial charge in [-0.1, -0.05) is 0 Å². The van der Waals surface area contributed by atoms with E-state index in [-0.39, 0.29) is 12.1 Å². The van der Waals surface area contributed by atoms with Gasteiger partial charge in [-0.25, -0.2) is 9.78 Å². The molecule has 2 aromatic rings. The molecule has 1 aliphatic rings. The van der Waals surface area contributed by atoms with Crippen LogP contribution in [-0.2, 0) is 6.42 Å². The van der Waals surface area contributed by atoms with Crippen molar-refractivity contribution in [3.05, 3.63) is 48.0 Å². The standard InChI is InChI=1S/C18H21N5O2/c1-14(11-16-3-2-10-25-16)21-18(24)23-8-6-22(7-9-23)17-12-15(13-19)4-5-20-17/h2-5,10,12,14H,6-9,11H2,1H3,(H,21,24)/t14-/m0/s1. The fourth-order valence-electron chi connectivity index (χ4n) is 2.88. The summed E-state index contributed by atoms with van der Waals surface area (Å²) in [7, 11) is 0. The molecule has 7 nitrogen and oxygen atoms in total. The molecule has 2 amide bonds. The number of carbonyl (C=O) groups is 1. The van der Waals surface area contributed by atoms with E-state index in [9.17, 15) is 4.79 Å². The number of nitrogens with zero attached hydrogens (tertiary/aromatic N) is 4. The van der Waals surface area contributed by atoms with Gasteiger partial charge in [0.1, 0.15) is 11.6 Å². The lowest BCUT2D eigenvalue weighted by molar-refractivity contribution is 0.190. The third-order valence-electron chi connectivity index (χ3n) is 4.22. The van der Waals surface area contributed by atoms with Gasteiger partial charge in [-0.3, -0.25) is 0 Å². The number of aromatic nitrogens is 1. The van der Waals surface area contributed by atoms with Crippen LogP contribution in [0.25, 0.3) is 0 Å². The molecule has 1 aliphatic heterocycles. The molecule has 1 fully saturated rings. The zero-order valence-electron chi connectivity index (χ0n) is 14.2. The molecule has 0 unspecified atom stereocenters.